The van der Waals surface area contributed by atoms with Crippen LogP contribution in [0.25, 0.3) is 0 Å². The van der Waals surface area contributed by atoms with Crippen molar-refractivity contribution in [2.24, 2.45) is 0 Å². The molecule has 1 saturated heterocycles. The molecular weight excluding hydrogens is 318 g/mol. The lowest BCUT2D eigenvalue weighted by molar-refractivity contribution is -0.384. The molecule has 120 valence electrons. The number of anilines is 1. The zero-order valence-electron chi connectivity index (χ0n) is 12.4. The summed E-state index contributed by atoms with van der Waals surface area (Å²) in [6.45, 7) is 4.05. The van der Waals surface area contributed by atoms with Gasteiger partial charge in [0.1, 0.15) is 5.02 Å². The number of hydrogen-bond acceptors (Lipinski definition) is 6. The molecule has 7 nitrogen and oxygen atoms in total. The average molecular weight is 334 g/mol. The van der Waals surface area contributed by atoms with Gasteiger partial charge in [0.05, 0.1) is 4.92 Å². The number of rotatable bonds is 4. The van der Waals surface area contributed by atoms with Crippen molar-refractivity contribution < 1.29 is 4.92 Å². The van der Waals surface area contributed by atoms with Crippen LogP contribution in [-0.4, -0.2) is 46.0 Å². The summed E-state index contributed by atoms with van der Waals surface area (Å²) in [5, 5.41) is 11.1. The molecule has 2 aromatic rings. The molecule has 0 radical (unpaired) electrons. The lowest BCUT2D eigenvalue weighted by atomic mass is 10.1. The molecule has 1 aliphatic rings. The first-order chi connectivity index (χ1) is 11.1. The first-order valence-corrected chi connectivity index (χ1v) is 7.68. The third-order valence-electron chi connectivity index (χ3n) is 3.82. The summed E-state index contributed by atoms with van der Waals surface area (Å²) in [5.41, 5.74) is 0.853. The third-order valence-corrected chi connectivity index (χ3v) is 4.14. The van der Waals surface area contributed by atoms with Gasteiger partial charge in [-0.2, -0.15) is 0 Å². The van der Waals surface area contributed by atoms with Crippen molar-refractivity contribution in [3.8, 4) is 0 Å². The number of halogens is 1. The standard InChI is InChI=1S/C15H16ClN5O2/c16-13-3-2-12(10-14(13)21(22)23)11-19-6-8-20(9-7-19)15-17-4-1-5-18-15/h1-5,10H,6-9,11H2. The average Bonchev–Trinajstić information content (AvgIpc) is 2.58. The van der Waals surface area contributed by atoms with Gasteiger partial charge >= 0.3 is 0 Å². The minimum Gasteiger partial charge on any atom is -0.338 e. The van der Waals surface area contributed by atoms with Crippen molar-refractivity contribution in [2.75, 3.05) is 31.1 Å². The summed E-state index contributed by atoms with van der Waals surface area (Å²) in [6, 6.07) is 6.77. The zero-order chi connectivity index (χ0) is 16.2. The number of piperazine rings is 1. The first kappa shape index (κ1) is 15.6. The lowest BCUT2D eigenvalue weighted by Gasteiger charge is -2.34. The zero-order valence-corrected chi connectivity index (χ0v) is 13.2. The fourth-order valence-corrected chi connectivity index (χ4v) is 2.80. The summed E-state index contributed by atoms with van der Waals surface area (Å²) >= 11 is 5.85. The predicted molar refractivity (Wildman–Crippen MR) is 87.6 cm³/mol. The molecule has 1 aromatic heterocycles. The molecule has 23 heavy (non-hydrogen) atoms. The summed E-state index contributed by atoms with van der Waals surface area (Å²) in [7, 11) is 0. The van der Waals surface area contributed by atoms with E-state index in [1.165, 1.54) is 0 Å². The van der Waals surface area contributed by atoms with Crippen molar-refractivity contribution in [3.05, 3.63) is 57.4 Å². The van der Waals surface area contributed by atoms with E-state index < -0.39 is 4.92 Å². The fraction of sp³-hybridized carbons (Fsp3) is 0.333. The van der Waals surface area contributed by atoms with E-state index in [-0.39, 0.29) is 10.7 Å². The molecule has 8 heteroatoms. The van der Waals surface area contributed by atoms with E-state index in [0.29, 0.717) is 6.54 Å². The molecule has 1 aliphatic heterocycles. The normalized spacial score (nSPS) is 15.6. The number of aromatic nitrogens is 2. The quantitative estimate of drug-likeness (QED) is 0.631. The van der Waals surface area contributed by atoms with Crippen molar-refractivity contribution in [2.45, 2.75) is 6.54 Å². The van der Waals surface area contributed by atoms with Gasteiger partial charge in [0.25, 0.3) is 5.69 Å². The number of nitro groups is 1. The van der Waals surface area contributed by atoms with Crippen LogP contribution in [0.3, 0.4) is 0 Å². The van der Waals surface area contributed by atoms with Crippen molar-refractivity contribution in [1.29, 1.82) is 0 Å². The van der Waals surface area contributed by atoms with E-state index in [1.54, 1.807) is 30.6 Å². The Morgan fingerprint density at radius 1 is 1.17 bits per heavy atom. The van der Waals surface area contributed by atoms with Crippen LogP contribution in [0.4, 0.5) is 11.6 Å². The van der Waals surface area contributed by atoms with Crippen molar-refractivity contribution >= 4 is 23.2 Å². The maximum absolute atomic E-state index is 11.0. The lowest BCUT2D eigenvalue weighted by Crippen LogP contribution is -2.46. The molecule has 0 spiro atoms. The van der Waals surface area contributed by atoms with Gasteiger partial charge in [0, 0.05) is 51.2 Å². The van der Waals surface area contributed by atoms with Crippen LogP contribution in [0.1, 0.15) is 5.56 Å². The van der Waals surface area contributed by atoms with Crippen LogP contribution in [0.15, 0.2) is 36.7 Å². The molecule has 0 bridgehead atoms. The topological polar surface area (TPSA) is 75.4 Å². The second kappa shape index (κ2) is 6.89. The Kier molecular flexibility index (Phi) is 4.68. The maximum atomic E-state index is 11.0. The Morgan fingerprint density at radius 3 is 2.52 bits per heavy atom. The van der Waals surface area contributed by atoms with Gasteiger partial charge in [-0.3, -0.25) is 15.0 Å². The van der Waals surface area contributed by atoms with Crippen molar-refractivity contribution in [3.63, 3.8) is 0 Å². The van der Waals surface area contributed by atoms with Gasteiger partial charge in [-0.25, -0.2) is 9.97 Å². The van der Waals surface area contributed by atoms with E-state index in [9.17, 15) is 10.1 Å². The Hall–Kier alpha value is -2.25. The SMILES string of the molecule is O=[N+]([O-])c1cc(CN2CCN(c3ncccn3)CC2)ccc1Cl. The second-order valence-electron chi connectivity index (χ2n) is 5.35. The highest BCUT2D eigenvalue weighted by molar-refractivity contribution is 6.32. The summed E-state index contributed by atoms with van der Waals surface area (Å²) in [5.74, 6) is 0.745. The second-order valence-corrected chi connectivity index (χ2v) is 5.76. The fourth-order valence-electron chi connectivity index (χ4n) is 2.62. The summed E-state index contributed by atoms with van der Waals surface area (Å²) in [6.07, 6.45) is 3.48. The van der Waals surface area contributed by atoms with Crippen LogP contribution < -0.4 is 4.90 Å². The number of benzene rings is 1. The van der Waals surface area contributed by atoms with E-state index in [4.69, 9.17) is 11.6 Å². The van der Waals surface area contributed by atoms with Gasteiger partial charge in [0.2, 0.25) is 5.95 Å². The third kappa shape index (κ3) is 3.75. The van der Waals surface area contributed by atoms with E-state index in [2.05, 4.69) is 19.8 Å². The maximum Gasteiger partial charge on any atom is 0.288 e. The Balaban J connectivity index is 1.61. The van der Waals surface area contributed by atoms with Gasteiger partial charge in [-0.1, -0.05) is 17.7 Å². The van der Waals surface area contributed by atoms with Crippen LogP contribution in [0.2, 0.25) is 5.02 Å². The molecule has 1 aromatic carbocycles. The van der Waals surface area contributed by atoms with Crippen LogP contribution in [0, 0.1) is 10.1 Å². The van der Waals surface area contributed by atoms with Crippen LogP contribution in [0.5, 0.6) is 0 Å². The Bertz CT molecular complexity index is 690. The molecule has 0 unspecified atom stereocenters. The number of hydrogen-bond donors (Lipinski definition) is 0. The predicted octanol–water partition coefficient (Wildman–Crippen LogP) is 2.36. The van der Waals surface area contributed by atoms with E-state index in [0.717, 1.165) is 37.7 Å². The molecule has 2 heterocycles. The van der Waals surface area contributed by atoms with E-state index in [1.807, 2.05) is 6.07 Å². The van der Waals surface area contributed by atoms with Gasteiger partial charge < -0.3 is 4.90 Å². The van der Waals surface area contributed by atoms with E-state index >= 15 is 0 Å². The molecule has 0 N–H and O–H groups in total. The van der Waals surface area contributed by atoms with Gasteiger partial charge in [-0.15, -0.1) is 0 Å². The molecule has 0 aliphatic carbocycles. The molecule has 1 fully saturated rings. The molecule has 0 amide bonds. The molecule has 3 rings (SSSR count). The Morgan fingerprint density at radius 2 is 1.87 bits per heavy atom. The van der Waals surface area contributed by atoms with Gasteiger partial charge in [-0.05, 0) is 17.7 Å². The highest BCUT2D eigenvalue weighted by Crippen LogP contribution is 2.25. The minimum absolute atomic E-state index is 0.0412. The Labute approximate surface area is 138 Å². The van der Waals surface area contributed by atoms with Gasteiger partial charge in [0.15, 0.2) is 0 Å². The minimum atomic E-state index is -0.448. The smallest absolute Gasteiger partial charge is 0.288 e. The number of nitro benzene ring substituents is 1. The molecule has 0 saturated carbocycles. The largest absolute Gasteiger partial charge is 0.338 e. The van der Waals surface area contributed by atoms with Crippen LogP contribution in [-0.2, 0) is 6.54 Å². The monoisotopic (exact) mass is 333 g/mol. The van der Waals surface area contributed by atoms with Crippen LogP contribution >= 0.6 is 11.6 Å². The molecular formula is C15H16ClN5O2. The highest BCUT2D eigenvalue weighted by Gasteiger charge is 2.20. The summed E-state index contributed by atoms with van der Waals surface area (Å²) in [4.78, 5) is 23.4. The molecule has 0 atom stereocenters. The first-order valence-electron chi connectivity index (χ1n) is 7.30. The summed E-state index contributed by atoms with van der Waals surface area (Å²) < 4.78 is 0. The highest BCUT2D eigenvalue weighted by atomic mass is 35.5. The number of nitrogens with zero attached hydrogens (tertiary/aromatic N) is 5. The van der Waals surface area contributed by atoms with Crippen molar-refractivity contribution in [1.82, 2.24) is 14.9 Å².